The van der Waals surface area contributed by atoms with Crippen LogP contribution in [-0.2, 0) is 0 Å². The van der Waals surface area contributed by atoms with E-state index < -0.39 is 11.6 Å². The molecule has 0 amide bonds. The van der Waals surface area contributed by atoms with Crippen LogP contribution in [0.4, 0.5) is 8.78 Å². The van der Waals surface area contributed by atoms with Crippen LogP contribution in [0.3, 0.4) is 0 Å². The van der Waals surface area contributed by atoms with E-state index in [2.05, 4.69) is 9.97 Å². The summed E-state index contributed by atoms with van der Waals surface area (Å²) in [5, 5.41) is 0.431. The van der Waals surface area contributed by atoms with Crippen molar-refractivity contribution in [2.24, 2.45) is 0 Å². The van der Waals surface area contributed by atoms with E-state index in [4.69, 9.17) is 0 Å². The molecule has 0 fully saturated rings. The molecule has 0 aliphatic rings. The molecule has 2 heterocycles. The lowest BCUT2D eigenvalue weighted by molar-refractivity contribution is 0.506. The average Bonchev–Trinajstić information content (AvgIpc) is 2.78. The lowest BCUT2D eigenvalue weighted by Crippen LogP contribution is -2.12. The molecule has 0 radical (unpaired) electrons. The highest BCUT2D eigenvalue weighted by Gasteiger charge is 2.16. The molecule has 0 saturated heterocycles. The number of aryl methyl sites for hydroxylation is 2. The van der Waals surface area contributed by atoms with Gasteiger partial charge in [-0.3, -0.25) is 4.79 Å². The first-order valence-electron chi connectivity index (χ1n) is 6.98. The Bertz CT molecular complexity index is 949. The third-order valence-electron chi connectivity index (χ3n) is 3.65. The van der Waals surface area contributed by atoms with Crippen LogP contribution in [0.1, 0.15) is 28.4 Å². The second-order valence-electron chi connectivity index (χ2n) is 5.25. The number of thioether (sulfide) groups is 1. The Balaban J connectivity index is 1.96. The van der Waals surface area contributed by atoms with Crippen LogP contribution in [0, 0.1) is 25.5 Å². The number of H-pyrrole nitrogens is 1. The smallest absolute Gasteiger partial charge is 0.259 e. The molecular formula is C16H14F2N2OS2. The van der Waals surface area contributed by atoms with E-state index in [1.165, 1.54) is 29.2 Å². The predicted octanol–water partition coefficient (Wildman–Crippen LogP) is 4.73. The Morgan fingerprint density at radius 3 is 2.70 bits per heavy atom. The van der Waals surface area contributed by atoms with Gasteiger partial charge in [0, 0.05) is 9.77 Å². The van der Waals surface area contributed by atoms with Crippen LogP contribution in [0.2, 0.25) is 0 Å². The predicted molar refractivity (Wildman–Crippen MR) is 90.3 cm³/mol. The number of nitrogens with one attached hydrogen (secondary N) is 1. The van der Waals surface area contributed by atoms with Crippen molar-refractivity contribution in [1.82, 2.24) is 9.97 Å². The Labute approximate surface area is 139 Å². The number of aromatic amines is 1. The third-order valence-corrected chi connectivity index (χ3v) is 5.85. The van der Waals surface area contributed by atoms with Crippen molar-refractivity contribution < 1.29 is 8.78 Å². The highest BCUT2D eigenvalue weighted by molar-refractivity contribution is 7.99. The molecule has 7 heteroatoms. The fourth-order valence-corrected chi connectivity index (χ4v) is 4.26. The van der Waals surface area contributed by atoms with Crippen LogP contribution in [0.15, 0.2) is 27.9 Å². The molecule has 2 aromatic heterocycles. The van der Waals surface area contributed by atoms with E-state index >= 15 is 0 Å². The van der Waals surface area contributed by atoms with E-state index in [1.807, 2.05) is 20.8 Å². The van der Waals surface area contributed by atoms with Crippen LogP contribution in [0.25, 0.3) is 10.2 Å². The van der Waals surface area contributed by atoms with E-state index in [0.29, 0.717) is 20.9 Å². The number of aromatic nitrogens is 2. The lowest BCUT2D eigenvalue weighted by atomic mass is 10.2. The molecule has 0 bridgehead atoms. The van der Waals surface area contributed by atoms with Crippen LogP contribution >= 0.6 is 23.1 Å². The third kappa shape index (κ3) is 3.03. The number of rotatable bonds is 3. The molecule has 1 aromatic carbocycles. The van der Waals surface area contributed by atoms with Gasteiger partial charge in [-0.05, 0) is 44.5 Å². The SMILES string of the molecule is Cc1sc2nc([C@@H](C)Sc3ccc(F)c(F)c3)[nH]c(=O)c2c1C. The molecule has 0 spiro atoms. The van der Waals surface area contributed by atoms with Crippen molar-refractivity contribution in [3.63, 3.8) is 0 Å². The minimum absolute atomic E-state index is 0.162. The summed E-state index contributed by atoms with van der Waals surface area (Å²) < 4.78 is 26.3. The van der Waals surface area contributed by atoms with Gasteiger partial charge in [-0.15, -0.1) is 23.1 Å². The van der Waals surface area contributed by atoms with E-state index in [-0.39, 0.29) is 10.8 Å². The zero-order chi connectivity index (χ0) is 16.7. The van der Waals surface area contributed by atoms with Crippen molar-refractivity contribution in [3.8, 4) is 0 Å². The molecule has 1 N–H and O–H groups in total. The number of nitrogens with zero attached hydrogens (tertiary/aromatic N) is 1. The molecule has 0 saturated carbocycles. The van der Waals surface area contributed by atoms with Gasteiger partial charge in [0.05, 0.1) is 10.6 Å². The Hall–Kier alpha value is -1.73. The highest BCUT2D eigenvalue weighted by Crippen LogP contribution is 2.34. The summed E-state index contributed by atoms with van der Waals surface area (Å²) in [5.41, 5.74) is 0.788. The summed E-state index contributed by atoms with van der Waals surface area (Å²) >= 11 is 2.80. The van der Waals surface area contributed by atoms with Gasteiger partial charge >= 0.3 is 0 Å². The Morgan fingerprint density at radius 2 is 2.00 bits per heavy atom. The van der Waals surface area contributed by atoms with Gasteiger partial charge in [-0.25, -0.2) is 13.8 Å². The molecule has 0 unspecified atom stereocenters. The van der Waals surface area contributed by atoms with Crippen molar-refractivity contribution >= 4 is 33.3 Å². The summed E-state index contributed by atoms with van der Waals surface area (Å²) in [5.74, 6) is -1.23. The summed E-state index contributed by atoms with van der Waals surface area (Å²) in [4.78, 5) is 22.0. The summed E-state index contributed by atoms with van der Waals surface area (Å²) in [7, 11) is 0. The van der Waals surface area contributed by atoms with Gasteiger partial charge in [-0.2, -0.15) is 0 Å². The molecule has 3 nitrogen and oxygen atoms in total. The Morgan fingerprint density at radius 1 is 1.26 bits per heavy atom. The first-order valence-corrected chi connectivity index (χ1v) is 8.68. The van der Waals surface area contributed by atoms with Gasteiger partial charge < -0.3 is 4.98 Å². The molecule has 1 atom stereocenters. The number of fused-ring (bicyclic) bond motifs is 1. The van der Waals surface area contributed by atoms with Crippen molar-refractivity contribution in [3.05, 3.63) is 56.5 Å². The van der Waals surface area contributed by atoms with Gasteiger partial charge in [0.25, 0.3) is 5.56 Å². The fraction of sp³-hybridized carbons (Fsp3) is 0.250. The molecular weight excluding hydrogens is 338 g/mol. The van der Waals surface area contributed by atoms with E-state index in [9.17, 15) is 13.6 Å². The molecule has 23 heavy (non-hydrogen) atoms. The zero-order valence-corrected chi connectivity index (χ0v) is 14.4. The first-order chi connectivity index (χ1) is 10.9. The number of benzene rings is 1. The second-order valence-corrected chi connectivity index (χ2v) is 7.87. The van der Waals surface area contributed by atoms with Crippen molar-refractivity contribution in [2.45, 2.75) is 30.9 Å². The maximum atomic E-state index is 13.3. The zero-order valence-electron chi connectivity index (χ0n) is 12.7. The first kappa shape index (κ1) is 16.1. The Kier molecular flexibility index (Phi) is 4.25. The number of halogens is 2. The van der Waals surface area contributed by atoms with E-state index in [0.717, 1.165) is 22.6 Å². The fourth-order valence-electron chi connectivity index (χ4n) is 2.27. The minimum atomic E-state index is -0.886. The quantitative estimate of drug-likeness (QED) is 0.693. The number of hydrogen-bond acceptors (Lipinski definition) is 4. The average molecular weight is 352 g/mol. The second kappa shape index (κ2) is 6.05. The van der Waals surface area contributed by atoms with Gasteiger partial charge in [0.1, 0.15) is 10.7 Å². The summed E-state index contributed by atoms with van der Waals surface area (Å²) in [6, 6.07) is 3.75. The molecule has 3 rings (SSSR count). The maximum Gasteiger partial charge on any atom is 0.259 e. The highest BCUT2D eigenvalue weighted by atomic mass is 32.2. The minimum Gasteiger partial charge on any atom is -0.309 e. The van der Waals surface area contributed by atoms with Gasteiger partial charge in [0.2, 0.25) is 0 Å². The standard InChI is InChI=1S/C16H14F2N2OS2/c1-7-8(2)23-16-13(7)15(21)19-14(20-16)9(3)22-10-4-5-11(17)12(18)6-10/h4-6,9H,1-3H3,(H,19,20,21)/t9-/m1/s1. The molecule has 0 aliphatic heterocycles. The van der Waals surface area contributed by atoms with E-state index in [1.54, 1.807) is 0 Å². The largest absolute Gasteiger partial charge is 0.309 e. The van der Waals surface area contributed by atoms with Crippen molar-refractivity contribution in [2.75, 3.05) is 0 Å². The van der Waals surface area contributed by atoms with Gasteiger partial charge in [0.15, 0.2) is 11.6 Å². The normalized spacial score (nSPS) is 12.7. The topological polar surface area (TPSA) is 45.8 Å². The molecule has 3 aromatic rings. The van der Waals surface area contributed by atoms with Crippen LogP contribution in [0.5, 0.6) is 0 Å². The lowest BCUT2D eigenvalue weighted by Gasteiger charge is -2.10. The molecule has 0 aliphatic carbocycles. The van der Waals surface area contributed by atoms with Crippen molar-refractivity contribution in [1.29, 1.82) is 0 Å². The monoisotopic (exact) mass is 352 g/mol. The number of hydrogen-bond donors (Lipinski definition) is 1. The van der Waals surface area contributed by atoms with Crippen LogP contribution in [-0.4, -0.2) is 9.97 Å². The molecule has 120 valence electrons. The maximum absolute atomic E-state index is 13.3. The van der Waals surface area contributed by atoms with Crippen LogP contribution < -0.4 is 5.56 Å². The number of thiophene rings is 1. The summed E-state index contributed by atoms with van der Waals surface area (Å²) in [6.45, 7) is 5.73. The van der Waals surface area contributed by atoms with Gasteiger partial charge in [-0.1, -0.05) is 0 Å². The summed E-state index contributed by atoms with van der Waals surface area (Å²) in [6.07, 6.45) is 0.